The van der Waals surface area contributed by atoms with Crippen LogP contribution in [0.25, 0.3) is 0 Å². The van der Waals surface area contributed by atoms with E-state index < -0.39 is 5.91 Å². The number of amides is 1. The highest BCUT2D eigenvalue weighted by atomic mass is 35.5. The molecule has 1 aromatic rings. The molecular formula is C9H8Cl3NO2. The average molecular weight is 269 g/mol. The third-order valence-corrected chi connectivity index (χ3v) is 2.97. The molecular weight excluding hydrogens is 260 g/mol. The summed E-state index contributed by atoms with van der Waals surface area (Å²) >= 11 is 17.3. The van der Waals surface area contributed by atoms with E-state index in [0.717, 1.165) is 0 Å². The molecule has 82 valence electrons. The second-order valence-electron chi connectivity index (χ2n) is 2.70. The summed E-state index contributed by atoms with van der Waals surface area (Å²) in [5.41, 5.74) is 0.236. The first-order valence-electron chi connectivity index (χ1n) is 4.10. The number of benzene rings is 1. The Kier molecular flexibility index (Phi) is 4.67. The molecule has 2 N–H and O–H groups in total. The predicted octanol–water partition coefficient (Wildman–Crippen LogP) is 2.37. The van der Waals surface area contributed by atoms with Crippen molar-refractivity contribution in [1.29, 1.82) is 0 Å². The zero-order valence-electron chi connectivity index (χ0n) is 7.56. The topological polar surface area (TPSA) is 49.3 Å². The SMILES string of the molecule is O=C(NCCO)c1ccc(Cl)c(Cl)c1Cl. The first kappa shape index (κ1) is 12.6. The minimum Gasteiger partial charge on any atom is -0.395 e. The fourth-order valence-corrected chi connectivity index (χ4v) is 1.59. The summed E-state index contributed by atoms with van der Waals surface area (Å²) < 4.78 is 0. The van der Waals surface area contributed by atoms with Gasteiger partial charge in [-0.2, -0.15) is 0 Å². The molecule has 0 bridgehead atoms. The van der Waals surface area contributed by atoms with E-state index in [9.17, 15) is 4.79 Å². The van der Waals surface area contributed by atoms with E-state index >= 15 is 0 Å². The fraction of sp³-hybridized carbons (Fsp3) is 0.222. The van der Waals surface area contributed by atoms with Gasteiger partial charge in [0.05, 0.1) is 27.2 Å². The molecule has 6 heteroatoms. The van der Waals surface area contributed by atoms with Crippen LogP contribution in [0.4, 0.5) is 0 Å². The molecule has 0 spiro atoms. The van der Waals surface area contributed by atoms with Crippen LogP contribution in [-0.4, -0.2) is 24.2 Å². The van der Waals surface area contributed by atoms with Gasteiger partial charge in [0.1, 0.15) is 0 Å². The lowest BCUT2D eigenvalue weighted by Crippen LogP contribution is -2.26. The minimum absolute atomic E-state index is 0.111. The van der Waals surface area contributed by atoms with Gasteiger partial charge in [0.2, 0.25) is 0 Å². The first-order chi connectivity index (χ1) is 7.07. The molecule has 0 unspecified atom stereocenters. The van der Waals surface area contributed by atoms with Crippen LogP contribution in [0.2, 0.25) is 15.1 Å². The monoisotopic (exact) mass is 267 g/mol. The van der Waals surface area contributed by atoms with Gasteiger partial charge in [0.15, 0.2) is 0 Å². The van der Waals surface area contributed by atoms with E-state index in [1.54, 1.807) is 0 Å². The molecule has 0 heterocycles. The van der Waals surface area contributed by atoms with Crippen LogP contribution < -0.4 is 5.32 Å². The molecule has 15 heavy (non-hydrogen) atoms. The van der Waals surface area contributed by atoms with E-state index in [1.807, 2.05) is 0 Å². The highest BCUT2D eigenvalue weighted by molar-refractivity contribution is 6.49. The van der Waals surface area contributed by atoms with Gasteiger partial charge in [-0.1, -0.05) is 34.8 Å². The van der Waals surface area contributed by atoms with Gasteiger partial charge in [0.25, 0.3) is 5.91 Å². The molecule has 0 aliphatic rings. The Bertz CT molecular complexity index is 382. The second kappa shape index (κ2) is 5.56. The number of carbonyl (C=O) groups excluding carboxylic acids is 1. The van der Waals surface area contributed by atoms with Crippen LogP contribution in [0.5, 0.6) is 0 Å². The molecule has 0 saturated heterocycles. The fourth-order valence-electron chi connectivity index (χ4n) is 0.966. The van der Waals surface area contributed by atoms with Gasteiger partial charge in [0, 0.05) is 6.54 Å². The van der Waals surface area contributed by atoms with Gasteiger partial charge in [-0.15, -0.1) is 0 Å². The van der Waals surface area contributed by atoms with Gasteiger partial charge < -0.3 is 10.4 Å². The Labute approximate surface area is 102 Å². The van der Waals surface area contributed by atoms with Gasteiger partial charge in [-0.3, -0.25) is 4.79 Å². The second-order valence-corrected chi connectivity index (χ2v) is 3.87. The summed E-state index contributed by atoms with van der Waals surface area (Å²) in [6, 6.07) is 2.97. The zero-order chi connectivity index (χ0) is 11.4. The van der Waals surface area contributed by atoms with Crippen molar-refractivity contribution in [1.82, 2.24) is 5.32 Å². The maximum absolute atomic E-state index is 11.5. The number of rotatable bonds is 3. The lowest BCUT2D eigenvalue weighted by molar-refractivity contribution is 0.0945. The van der Waals surface area contributed by atoms with E-state index in [0.29, 0.717) is 5.02 Å². The summed E-state index contributed by atoms with van der Waals surface area (Å²) in [4.78, 5) is 11.5. The van der Waals surface area contributed by atoms with Crippen molar-refractivity contribution in [3.8, 4) is 0 Å². The molecule has 0 saturated carbocycles. The highest BCUT2D eigenvalue weighted by Gasteiger charge is 2.14. The Balaban J connectivity index is 2.95. The normalized spacial score (nSPS) is 10.1. The lowest BCUT2D eigenvalue weighted by atomic mass is 10.2. The van der Waals surface area contributed by atoms with E-state index in [4.69, 9.17) is 39.9 Å². The third kappa shape index (κ3) is 2.98. The molecule has 0 atom stereocenters. The van der Waals surface area contributed by atoms with Crippen molar-refractivity contribution in [3.63, 3.8) is 0 Å². The van der Waals surface area contributed by atoms with Crippen molar-refractivity contribution in [3.05, 3.63) is 32.8 Å². The van der Waals surface area contributed by atoms with Crippen molar-refractivity contribution in [2.75, 3.05) is 13.2 Å². The zero-order valence-corrected chi connectivity index (χ0v) is 9.83. The van der Waals surface area contributed by atoms with Crippen molar-refractivity contribution in [2.45, 2.75) is 0 Å². The number of aliphatic hydroxyl groups excluding tert-OH is 1. The molecule has 1 rings (SSSR count). The molecule has 3 nitrogen and oxygen atoms in total. The quantitative estimate of drug-likeness (QED) is 0.827. The van der Waals surface area contributed by atoms with E-state index in [-0.39, 0.29) is 28.8 Å². The van der Waals surface area contributed by atoms with Crippen molar-refractivity contribution in [2.24, 2.45) is 0 Å². The standard InChI is InChI=1S/C9H8Cl3NO2/c10-6-2-1-5(7(11)8(6)12)9(15)13-3-4-14/h1-2,14H,3-4H2,(H,13,15). The smallest absolute Gasteiger partial charge is 0.252 e. The Morgan fingerprint density at radius 2 is 1.93 bits per heavy atom. The molecule has 1 aromatic carbocycles. The molecule has 1 amide bonds. The number of hydrogen-bond donors (Lipinski definition) is 2. The molecule has 0 radical (unpaired) electrons. The summed E-state index contributed by atoms with van der Waals surface area (Å²) in [6.45, 7) is 0.0279. The lowest BCUT2D eigenvalue weighted by Gasteiger charge is -2.07. The van der Waals surface area contributed by atoms with Crippen LogP contribution >= 0.6 is 34.8 Å². The van der Waals surface area contributed by atoms with Gasteiger partial charge in [-0.05, 0) is 12.1 Å². The van der Waals surface area contributed by atoms with Crippen LogP contribution in [0, 0.1) is 0 Å². The Morgan fingerprint density at radius 3 is 2.53 bits per heavy atom. The summed E-state index contributed by atoms with van der Waals surface area (Å²) in [5.74, 6) is -0.396. The van der Waals surface area contributed by atoms with Gasteiger partial charge >= 0.3 is 0 Å². The number of halogens is 3. The Morgan fingerprint density at radius 1 is 1.27 bits per heavy atom. The van der Waals surface area contributed by atoms with E-state index in [2.05, 4.69) is 5.32 Å². The maximum atomic E-state index is 11.5. The maximum Gasteiger partial charge on any atom is 0.252 e. The summed E-state index contributed by atoms with van der Waals surface area (Å²) in [5, 5.41) is 11.5. The molecule has 0 aromatic heterocycles. The van der Waals surface area contributed by atoms with Crippen LogP contribution in [0.3, 0.4) is 0 Å². The largest absolute Gasteiger partial charge is 0.395 e. The van der Waals surface area contributed by atoms with Crippen molar-refractivity contribution >= 4 is 40.7 Å². The Hall–Kier alpha value is -0.480. The minimum atomic E-state index is -0.396. The number of carbonyl (C=O) groups is 1. The summed E-state index contributed by atoms with van der Waals surface area (Å²) in [6.07, 6.45) is 0. The van der Waals surface area contributed by atoms with Gasteiger partial charge in [-0.25, -0.2) is 0 Å². The van der Waals surface area contributed by atoms with Crippen LogP contribution in [0.15, 0.2) is 12.1 Å². The summed E-state index contributed by atoms with van der Waals surface area (Å²) in [7, 11) is 0. The molecule has 0 fully saturated rings. The van der Waals surface area contributed by atoms with Crippen LogP contribution in [-0.2, 0) is 0 Å². The third-order valence-electron chi connectivity index (χ3n) is 1.68. The first-order valence-corrected chi connectivity index (χ1v) is 5.24. The molecule has 0 aliphatic heterocycles. The molecule has 0 aliphatic carbocycles. The van der Waals surface area contributed by atoms with E-state index in [1.165, 1.54) is 12.1 Å². The highest BCUT2D eigenvalue weighted by Crippen LogP contribution is 2.32. The predicted molar refractivity (Wildman–Crippen MR) is 60.9 cm³/mol. The number of hydrogen-bond acceptors (Lipinski definition) is 2. The van der Waals surface area contributed by atoms with Crippen molar-refractivity contribution < 1.29 is 9.90 Å². The van der Waals surface area contributed by atoms with Crippen LogP contribution in [0.1, 0.15) is 10.4 Å². The number of nitrogens with one attached hydrogen (secondary N) is 1. The average Bonchev–Trinajstić information content (AvgIpc) is 2.23. The number of aliphatic hydroxyl groups is 1.